The highest BCUT2D eigenvalue weighted by Gasteiger charge is 2.59. The monoisotopic (exact) mass is 342 g/mol. The molecule has 0 amide bonds. The lowest BCUT2D eigenvalue weighted by molar-refractivity contribution is -0.133. The summed E-state index contributed by atoms with van der Waals surface area (Å²) in [7, 11) is 0. The van der Waals surface area contributed by atoms with Crippen LogP contribution in [0.3, 0.4) is 0 Å². The molecule has 0 aromatic rings. The van der Waals surface area contributed by atoms with Crippen LogP contribution >= 0.6 is 0 Å². The first-order chi connectivity index (χ1) is 11.8. The Hall–Kier alpha value is -1.38. The molecule has 0 aliphatic heterocycles. The second-order valence-electron chi connectivity index (χ2n) is 9.49. The van der Waals surface area contributed by atoms with Crippen molar-refractivity contribution >= 4 is 11.8 Å². The van der Waals surface area contributed by atoms with Gasteiger partial charge >= 0.3 is 5.97 Å². The van der Waals surface area contributed by atoms with Crippen LogP contribution in [0.5, 0.6) is 0 Å². The van der Waals surface area contributed by atoms with Gasteiger partial charge in [-0.1, -0.05) is 32.1 Å². The first kappa shape index (κ1) is 17.1. The molecule has 0 spiro atoms. The molecule has 0 aromatic heterocycles. The number of ketones is 1. The highest BCUT2D eigenvalue weighted by atomic mass is 16.4. The number of carbonyl (C=O) groups excluding carboxylic acids is 1. The smallest absolute Gasteiger partial charge is 0.331 e. The predicted molar refractivity (Wildman–Crippen MR) is 96.9 cm³/mol. The van der Waals surface area contributed by atoms with E-state index < -0.39 is 5.97 Å². The van der Waals surface area contributed by atoms with Crippen LogP contribution in [0.15, 0.2) is 23.8 Å². The van der Waals surface area contributed by atoms with Crippen LogP contribution in [-0.2, 0) is 9.59 Å². The number of carbonyl (C=O) groups is 2. The molecule has 0 radical (unpaired) electrons. The summed E-state index contributed by atoms with van der Waals surface area (Å²) in [5.74, 6) is 1.90. The van der Waals surface area contributed by atoms with E-state index in [1.165, 1.54) is 12.8 Å². The average molecular weight is 342 g/mol. The number of aliphatic carboxylic acids is 1. The van der Waals surface area contributed by atoms with Crippen LogP contribution in [0.1, 0.15) is 59.3 Å². The van der Waals surface area contributed by atoms with Crippen molar-refractivity contribution in [3.05, 3.63) is 23.8 Å². The number of hydrogen-bond donors (Lipinski definition) is 1. The van der Waals surface area contributed by atoms with E-state index in [0.717, 1.165) is 19.3 Å². The lowest BCUT2D eigenvalue weighted by Crippen LogP contribution is -2.51. The van der Waals surface area contributed by atoms with E-state index >= 15 is 0 Å². The van der Waals surface area contributed by atoms with Crippen molar-refractivity contribution in [2.75, 3.05) is 0 Å². The Morgan fingerprint density at radius 1 is 1.04 bits per heavy atom. The van der Waals surface area contributed by atoms with Crippen LogP contribution in [0.2, 0.25) is 0 Å². The van der Waals surface area contributed by atoms with Gasteiger partial charge in [-0.15, -0.1) is 0 Å². The number of allylic oxidation sites excluding steroid dienone is 3. The van der Waals surface area contributed by atoms with Crippen LogP contribution in [-0.4, -0.2) is 16.9 Å². The van der Waals surface area contributed by atoms with Gasteiger partial charge in [-0.3, -0.25) is 4.79 Å². The summed E-state index contributed by atoms with van der Waals surface area (Å²) in [4.78, 5) is 23.6. The number of fused-ring (bicyclic) bond motifs is 5. The molecule has 1 N–H and O–H groups in total. The van der Waals surface area contributed by atoms with Gasteiger partial charge in [-0.25, -0.2) is 4.79 Å². The van der Waals surface area contributed by atoms with Crippen LogP contribution in [0, 0.1) is 40.4 Å². The van der Waals surface area contributed by atoms with Gasteiger partial charge in [0.2, 0.25) is 0 Å². The first-order valence-electron chi connectivity index (χ1n) is 9.90. The topological polar surface area (TPSA) is 54.4 Å². The zero-order valence-electron chi connectivity index (χ0n) is 15.6. The molecule has 0 bridgehead atoms. The second kappa shape index (κ2) is 5.56. The maximum Gasteiger partial charge on any atom is 0.331 e. The minimum atomic E-state index is -0.756. The molecule has 0 heterocycles. The number of carboxylic acids is 1. The zero-order chi connectivity index (χ0) is 18.0. The van der Waals surface area contributed by atoms with E-state index in [4.69, 9.17) is 0 Å². The maximum atomic E-state index is 12.2. The van der Waals surface area contributed by atoms with Gasteiger partial charge in [0.25, 0.3) is 0 Å². The molecule has 2 saturated carbocycles. The average Bonchev–Trinajstić information content (AvgIpc) is 2.91. The highest BCUT2D eigenvalue weighted by Crippen LogP contribution is 2.65. The number of rotatable bonds is 2. The number of Topliss-reactive ketones (excluding diaryl/α,β-unsaturated/α-hetero) is 1. The maximum absolute atomic E-state index is 12.2. The molecule has 136 valence electrons. The van der Waals surface area contributed by atoms with Gasteiger partial charge in [-0.05, 0) is 74.0 Å². The van der Waals surface area contributed by atoms with E-state index in [0.29, 0.717) is 35.5 Å². The first-order valence-corrected chi connectivity index (χ1v) is 9.90. The Bertz CT molecular complexity index is 675. The molecule has 0 saturated heterocycles. The van der Waals surface area contributed by atoms with Crippen molar-refractivity contribution in [3.63, 3.8) is 0 Å². The van der Waals surface area contributed by atoms with E-state index in [9.17, 15) is 14.7 Å². The fourth-order valence-corrected chi connectivity index (χ4v) is 7.10. The SMILES string of the molecule is CC(=O)[C@H]1CC[C@H]2[C@@H]3C=CC4C=C(C(=O)O)CC[C@]4(C)[C@H]3CC[C@]12C. The summed E-state index contributed by atoms with van der Waals surface area (Å²) in [6.07, 6.45) is 12.9. The Morgan fingerprint density at radius 3 is 2.44 bits per heavy atom. The standard InChI is InChI=1S/C22H30O3/c1-13(23)17-6-7-18-16-5-4-15-12-14(20(24)25)8-10-21(15,2)19(16)9-11-22(17,18)3/h4-5,12,15-19H,6-11H2,1-3H3,(H,24,25)/t15?,16-,17+,18-,19-,21-,22+/m0/s1. The Labute approximate surface area is 150 Å². The summed E-state index contributed by atoms with van der Waals surface area (Å²) in [6, 6.07) is 0. The van der Waals surface area contributed by atoms with Crippen molar-refractivity contribution < 1.29 is 14.7 Å². The van der Waals surface area contributed by atoms with Crippen molar-refractivity contribution in [2.24, 2.45) is 40.4 Å². The molecular weight excluding hydrogens is 312 g/mol. The molecule has 3 heteroatoms. The Balaban J connectivity index is 1.68. The largest absolute Gasteiger partial charge is 0.478 e. The van der Waals surface area contributed by atoms with Crippen LogP contribution < -0.4 is 0 Å². The molecule has 1 unspecified atom stereocenters. The molecule has 2 fully saturated rings. The molecule has 4 aliphatic rings. The van der Waals surface area contributed by atoms with Gasteiger partial charge in [-0.2, -0.15) is 0 Å². The molecular formula is C22H30O3. The number of carboxylic acid groups (broad SMARTS) is 1. The molecule has 25 heavy (non-hydrogen) atoms. The molecule has 3 nitrogen and oxygen atoms in total. The summed E-state index contributed by atoms with van der Waals surface area (Å²) >= 11 is 0. The number of hydrogen-bond acceptors (Lipinski definition) is 2. The Kier molecular flexibility index (Phi) is 3.79. The van der Waals surface area contributed by atoms with Gasteiger partial charge in [0.05, 0.1) is 0 Å². The van der Waals surface area contributed by atoms with Crippen molar-refractivity contribution in [1.29, 1.82) is 0 Å². The summed E-state index contributed by atoms with van der Waals surface area (Å²) < 4.78 is 0. The quantitative estimate of drug-likeness (QED) is 0.744. The van der Waals surface area contributed by atoms with Gasteiger partial charge in [0, 0.05) is 17.4 Å². The van der Waals surface area contributed by atoms with Gasteiger partial charge < -0.3 is 5.11 Å². The summed E-state index contributed by atoms with van der Waals surface area (Å²) in [5, 5.41) is 9.36. The minimum absolute atomic E-state index is 0.164. The van der Waals surface area contributed by atoms with Crippen molar-refractivity contribution in [3.8, 4) is 0 Å². The lowest BCUT2D eigenvalue weighted by atomic mass is 9.47. The third-order valence-corrected chi connectivity index (χ3v) is 8.56. The molecule has 4 rings (SSSR count). The lowest BCUT2D eigenvalue weighted by Gasteiger charge is -2.57. The molecule has 4 aliphatic carbocycles. The van der Waals surface area contributed by atoms with Crippen molar-refractivity contribution in [2.45, 2.75) is 59.3 Å². The fraction of sp³-hybridized carbons (Fsp3) is 0.727. The normalized spacial score (nSPS) is 48.1. The molecule has 0 aromatic carbocycles. The van der Waals surface area contributed by atoms with E-state index in [-0.39, 0.29) is 22.7 Å². The van der Waals surface area contributed by atoms with Crippen LogP contribution in [0.25, 0.3) is 0 Å². The third kappa shape index (κ3) is 2.30. The highest BCUT2D eigenvalue weighted by molar-refractivity contribution is 5.86. The zero-order valence-corrected chi connectivity index (χ0v) is 15.6. The minimum Gasteiger partial charge on any atom is -0.478 e. The predicted octanol–water partition coefficient (Wildman–Crippen LogP) is 4.63. The van der Waals surface area contributed by atoms with Crippen LogP contribution in [0.4, 0.5) is 0 Å². The van der Waals surface area contributed by atoms with Gasteiger partial charge in [0.1, 0.15) is 5.78 Å². The summed E-state index contributed by atoms with van der Waals surface area (Å²) in [5.41, 5.74) is 0.925. The molecule has 7 atom stereocenters. The third-order valence-electron chi connectivity index (χ3n) is 8.56. The van der Waals surface area contributed by atoms with Gasteiger partial charge in [0.15, 0.2) is 0 Å². The van der Waals surface area contributed by atoms with Crippen molar-refractivity contribution in [1.82, 2.24) is 0 Å². The summed E-state index contributed by atoms with van der Waals surface area (Å²) in [6.45, 7) is 6.52. The Morgan fingerprint density at radius 2 is 1.76 bits per heavy atom. The van der Waals surface area contributed by atoms with E-state index in [2.05, 4.69) is 26.0 Å². The van der Waals surface area contributed by atoms with E-state index in [1.807, 2.05) is 6.08 Å². The second-order valence-corrected chi connectivity index (χ2v) is 9.49. The fourth-order valence-electron chi connectivity index (χ4n) is 7.10. The van der Waals surface area contributed by atoms with E-state index in [1.54, 1.807) is 6.92 Å².